The standard InChI is InChI=1S/C26H20F3N3O7/c1-15(38-25(35)39-17-12-10-16(11-13-17)32(36)37)23(33)30-22-20-8-3-2-6-18(20)19-7-4-5-9-21(19)31(24(22)34)14-26(27,28)29/h2-13,15,22H,14H2,1H3,(H,30,33)/t15-,22-/m0/s1. The predicted molar refractivity (Wildman–Crippen MR) is 131 cm³/mol. The molecule has 39 heavy (non-hydrogen) atoms. The zero-order valence-corrected chi connectivity index (χ0v) is 20.2. The van der Waals surface area contributed by atoms with Gasteiger partial charge in [0.15, 0.2) is 6.10 Å². The van der Waals surface area contributed by atoms with Gasteiger partial charge in [-0.25, -0.2) is 4.79 Å². The first-order chi connectivity index (χ1) is 18.4. The van der Waals surface area contributed by atoms with Gasteiger partial charge in [-0.15, -0.1) is 0 Å². The van der Waals surface area contributed by atoms with Crippen molar-refractivity contribution in [3.8, 4) is 16.9 Å². The molecule has 2 amide bonds. The van der Waals surface area contributed by atoms with Gasteiger partial charge in [0.05, 0.1) is 10.6 Å². The fraction of sp³-hybridized carbons (Fsp3) is 0.192. The number of halogens is 3. The number of carbonyl (C=O) groups is 3. The Bertz CT molecular complexity index is 1430. The van der Waals surface area contributed by atoms with E-state index in [1.165, 1.54) is 25.1 Å². The fourth-order valence-electron chi connectivity index (χ4n) is 4.03. The van der Waals surface area contributed by atoms with Crippen LogP contribution in [0, 0.1) is 10.1 Å². The average molecular weight is 543 g/mol. The molecule has 0 radical (unpaired) electrons. The van der Waals surface area contributed by atoms with Gasteiger partial charge in [0, 0.05) is 17.7 Å². The lowest BCUT2D eigenvalue weighted by Gasteiger charge is -2.28. The van der Waals surface area contributed by atoms with Gasteiger partial charge in [0.1, 0.15) is 18.3 Å². The molecule has 3 aromatic rings. The van der Waals surface area contributed by atoms with Crippen molar-refractivity contribution >= 4 is 29.3 Å². The Morgan fingerprint density at radius 3 is 2.28 bits per heavy atom. The summed E-state index contributed by atoms with van der Waals surface area (Å²) in [5.74, 6) is -2.09. The van der Waals surface area contributed by atoms with E-state index in [1.807, 2.05) is 0 Å². The summed E-state index contributed by atoms with van der Waals surface area (Å²) in [5.41, 5.74) is 0.869. The van der Waals surface area contributed by atoms with E-state index < -0.39 is 47.8 Å². The molecule has 3 aromatic carbocycles. The van der Waals surface area contributed by atoms with Gasteiger partial charge in [-0.3, -0.25) is 19.7 Å². The predicted octanol–water partition coefficient (Wildman–Crippen LogP) is 4.93. The number of carbonyl (C=O) groups excluding carboxylic acids is 3. The Balaban J connectivity index is 1.55. The van der Waals surface area contributed by atoms with E-state index in [0.29, 0.717) is 16.0 Å². The van der Waals surface area contributed by atoms with Crippen molar-refractivity contribution in [3.63, 3.8) is 0 Å². The van der Waals surface area contributed by atoms with Crippen LogP contribution < -0.4 is 15.0 Å². The molecule has 0 spiro atoms. The molecule has 4 rings (SSSR count). The number of hydrogen-bond donors (Lipinski definition) is 1. The number of non-ortho nitro benzene ring substituents is 1. The number of rotatable bonds is 6. The third-order valence-corrected chi connectivity index (χ3v) is 5.78. The van der Waals surface area contributed by atoms with E-state index in [2.05, 4.69) is 5.32 Å². The molecule has 0 aromatic heterocycles. The summed E-state index contributed by atoms with van der Waals surface area (Å²) in [7, 11) is 0. The molecule has 2 atom stereocenters. The molecular weight excluding hydrogens is 523 g/mol. The first-order valence-corrected chi connectivity index (χ1v) is 11.4. The minimum Gasteiger partial charge on any atom is -0.421 e. The maximum absolute atomic E-state index is 13.5. The molecular formula is C26H20F3N3O7. The number of ether oxygens (including phenoxy) is 2. The number of hydrogen-bond acceptors (Lipinski definition) is 7. The second kappa shape index (κ2) is 10.8. The second-order valence-corrected chi connectivity index (χ2v) is 8.45. The smallest absolute Gasteiger partial charge is 0.421 e. The molecule has 0 bridgehead atoms. The maximum Gasteiger partial charge on any atom is 0.514 e. The Hall–Kier alpha value is -4.94. The number of alkyl halides is 3. The molecule has 10 nitrogen and oxygen atoms in total. The van der Waals surface area contributed by atoms with E-state index in [1.54, 1.807) is 30.3 Å². The average Bonchev–Trinajstić information content (AvgIpc) is 2.97. The third-order valence-electron chi connectivity index (χ3n) is 5.78. The van der Waals surface area contributed by atoms with Crippen LogP contribution in [0.4, 0.5) is 29.3 Å². The molecule has 0 unspecified atom stereocenters. The monoisotopic (exact) mass is 543 g/mol. The number of nitrogens with zero attached hydrogens (tertiary/aromatic N) is 2. The SMILES string of the molecule is C[C@H](OC(=O)Oc1ccc([N+](=O)[O-])cc1)C(=O)N[C@@H]1C(=O)N(CC(F)(F)F)c2ccccc2-c2ccccc21. The molecule has 1 aliphatic rings. The van der Waals surface area contributed by atoms with Gasteiger partial charge >= 0.3 is 12.3 Å². The summed E-state index contributed by atoms with van der Waals surface area (Å²) >= 11 is 0. The highest BCUT2D eigenvalue weighted by Crippen LogP contribution is 2.41. The number of amides is 2. The van der Waals surface area contributed by atoms with Crippen molar-refractivity contribution in [2.75, 3.05) is 11.4 Å². The van der Waals surface area contributed by atoms with Crippen molar-refractivity contribution < 1.29 is 42.0 Å². The summed E-state index contributed by atoms with van der Waals surface area (Å²) < 4.78 is 50.3. The summed E-state index contributed by atoms with van der Waals surface area (Å²) in [5, 5.41) is 13.1. The molecule has 0 saturated heterocycles. The highest BCUT2D eigenvalue weighted by Gasteiger charge is 2.41. The quantitative estimate of drug-likeness (QED) is 0.202. The van der Waals surface area contributed by atoms with Crippen LogP contribution >= 0.6 is 0 Å². The number of nitrogens with one attached hydrogen (secondary N) is 1. The molecule has 0 saturated carbocycles. The topological polar surface area (TPSA) is 128 Å². The maximum atomic E-state index is 13.5. The Kier molecular flexibility index (Phi) is 7.51. The fourth-order valence-corrected chi connectivity index (χ4v) is 4.03. The number of fused-ring (bicyclic) bond motifs is 3. The minimum atomic E-state index is -4.73. The van der Waals surface area contributed by atoms with Crippen LogP contribution in [0.1, 0.15) is 18.5 Å². The molecule has 1 aliphatic heterocycles. The van der Waals surface area contributed by atoms with E-state index in [9.17, 15) is 37.7 Å². The third kappa shape index (κ3) is 6.14. The van der Waals surface area contributed by atoms with Gasteiger partial charge < -0.3 is 19.7 Å². The van der Waals surface area contributed by atoms with Crippen LogP contribution in [-0.4, -0.2) is 41.7 Å². The van der Waals surface area contributed by atoms with Gasteiger partial charge in [-0.2, -0.15) is 13.2 Å². The van der Waals surface area contributed by atoms with Crippen molar-refractivity contribution in [3.05, 3.63) is 88.5 Å². The van der Waals surface area contributed by atoms with Crippen LogP contribution in [-0.2, 0) is 14.3 Å². The number of anilines is 1. The molecule has 0 aliphatic carbocycles. The normalized spacial score (nSPS) is 15.3. The van der Waals surface area contributed by atoms with E-state index in [4.69, 9.17) is 9.47 Å². The van der Waals surface area contributed by atoms with Gasteiger partial charge in [0.2, 0.25) is 0 Å². The highest BCUT2D eigenvalue weighted by molar-refractivity contribution is 6.06. The van der Waals surface area contributed by atoms with Gasteiger partial charge in [-0.1, -0.05) is 42.5 Å². The van der Waals surface area contributed by atoms with E-state index >= 15 is 0 Å². The molecule has 202 valence electrons. The Morgan fingerprint density at radius 1 is 1.03 bits per heavy atom. The lowest BCUT2D eigenvalue weighted by atomic mass is 9.95. The Morgan fingerprint density at radius 2 is 1.64 bits per heavy atom. The Labute approximate surface area is 219 Å². The van der Waals surface area contributed by atoms with Crippen LogP contribution in [0.5, 0.6) is 5.75 Å². The summed E-state index contributed by atoms with van der Waals surface area (Å²) in [4.78, 5) is 49.2. The zero-order chi connectivity index (χ0) is 28.3. The zero-order valence-electron chi connectivity index (χ0n) is 20.2. The molecule has 1 N–H and O–H groups in total. The largest absolute Gasteiger partial charge is 0.514 e. The lowest BCUT2D eigenvalue weighted by molar-refractivity contribution is -0.384. The lowest BCUT2D eigenvalue weighted by Crippen LogP contribution is -2.48. The van der Waals surface area contributed by atoms with Crippen molar-refractivity contribution in [1.82, 2.24) is 5.32 Å². The number of nitro groups is 1. The van der Waals surface area contributed by atoms with Crippen molar-refractivity contribution in [2.24, 2.45) is 0 Å². The van der Waals surface area contributed by atoms with E-state index in [-0.39, 0.29) is 22.7 Å². The van der Waals surface area contributed by atoms with Gasteiger partial charge in [0.25, 0.3) is 17.5 Å². The minimum absolute atomic E-state index is 0.0278. The summed E-state index contributed by atoms with van der Waals surface area (Å²) in [6.07, 6.45) is -7.56. The first kappa shape index (κ1) is 27.1. The number of benzene rings is 3. The van der Waals surface area contributed by atoms with Crippen molar-refractivity contribution in [1.29, 1.82) is 0 Å². The molecule has 0 fully saturated rings. The highest BCUT2D eigenvalue weighted by atomic mass is 19.4. The first-order valence-electron chi connectivity index (χ1n) is 11.4. The van der Waals surface area contributed by atoms with Crippen LogP contribution in [0.3, 0.4) is 0 Å². The molecule has 1 heterocycles. The van der Waals surface area contributed by atoms with Crippen LogP contribution in [0.2, 0.25) is 0 Å². The van der Waals surface area contributed by atoms with Crippen LogP contribution in [0.15, 0.2) is 72.8 Å². The number of nitro benzene ring substituents is 1. The van der Waals surface area contributed by atoms with Gasteiger partial charge in [-0.05, 0) is 36.2 Å². The molecule has 13 heteroatoms. The number of para-hydroxylation sites is 1. The second-order valence-electron chi connectivity index (χ2n) is 8.45. The van der Waals surface area contributed by atoms with Crippen LogP contribution in [0.25, 0.3) is 11.1 Å². The van der Waals surface area contributed by atoms with Crippen molar-refractivity contribution in [2.45, 2.75) is 25.2 Å². The summed E-state index contributed by atoms with van der Waals surface area (Å²) in [6, 6.07) is 15.4. The van der Waals surface area contributed by atoms with E-state index in [0.717, 1.165) is 24.3 Å². The summed E-state index contributed by atoms with van der Waals surface area (Å²) in [6.45, 7) is -0.404.